The van der Waals surface area contributed by atoms with Crippen molar-refractivity contribution in [1.82, 2.24) is 9.97 Å². The van der Waals surface area contributed by atoms with E-state index in [4.69, 9.17) is 4.74 Å². The van der Waals surface area contributed by atoms with Gasteiger partial charge in [0, 0.05) is 5.56 Å². The minimum Gasteiger partial charge on any atom is -0.495 e. The fourth-order valence-corrected chi connectivity index (χ4v) is 4.57. The number of aromatic nitrogens is 2. The number of H-pyrrole nitrogens is 1. The molecule has 0 radical (unpaired) electrons. The van der Waals surface area contributed by atoms with Crippen LogP contribution in [0, 0.1) is 18.3 Å². The fraction of sp³-hybridized carbons (Fsp3) is 0.125. The first-order valence-electron chi connectivity index (χ1n) is 9.99. The summed E-state index contributed by atoms with van der Waals surface area (Å²) in [6, 6.07) is 20.0. The van der Waals surface area contributed by atoms with Gasteiger partial charge >= 0.3 is 0 Å². The van der Waals surface area contributed by atoms with E-state index in [9.17, 15) is 18.5 Å². The number of anilines is 1. The number of aryl methyl sites for hydroxylation is 1. The lowest BCUT2D eigenvalue weighted by atomic mass is 9.95. The third kappa shape index (κ3) is 4.29. The van der Waals surface area contributed by atoms with Crippen molar-refractivity contribution in [2.45, 2.75) is 17.7 Å². The Morgan fingerprint density at radius 2 is 1.85 bits per heavy atom. The lowest BCUT2D eigenvalue weighted by Gasteiger charge is -2.14. The summed E-state index contributed by atoms with van der Waals surface area (Å²) in [6.45, 7) is 1.68. The quantitative estimate of drug-likeness (QED) is 0.399. The molecule has 4 rings (SSSR count). The van der Waals surface area contributed by atoms with E-state index in [2.05, 4.69) is 14.7 Å². The fourth-order valence-electron chi connectivity index (χ4n) is 3.48. The molecule has 1 aromatic heterocycles. The van der Waals surface area contributed by atoms with E-state index in [1.165, 1.54) is 25.3 Å². The number of nitrogens with one attached hydrogen (secondary N) is 2. The smallest absolute Gasteiger partial charge is 0.262 e. The first kappa shape index (κ1) is 22.0. The highest BCUT2D eigenvalue weighted by Crippen LogP contribution is 2.28. The number of benzene rings is 3. The standard InChI is InChI=1S/C24H20N4O4S/c1-15-11-12-16(33(30,31)28-21-9-5-6-10-22(21)32-2)13-17(15)23(29)18(14-25)24-26-19-7-3-4-8-20(19)27-24/h3-13,18,28H,1-2H3,(H,26,27). The number of hydrogen-bond acceptors (Lipinski definition) is 6. The number of rotatable bonds is 7. The Kier molecular flexibility index (Phi) is 5.85. The minimum absolute atomic E-state index is 0.108. The van der Waals surface area contributed by atoms with Gasteiger partial charge in [-0.3, -0.25) is 9.52 Å². The van der Waals surface area contributed by atoms with Crippen LogP contribution in [0.3, 0.4) is 0 Å². The largest absolute Gasteiger partial charge is 0.495 e. The highest BCUT2D eigenvalue weighted by atomic mass is 32.2. The Balaban J connectivity index is 1.70. The molecule has 0 amide bonds. The average molecular weight is 461 g/mol. The van der Waals surface area contributed by atoms with Gasteiger partial charge in [0.05, 0.1) is 34.8 Å². The van der Waals surface area contributed by atoms with Crippen LogP contribution in [0.2, 0.25) is 0 Å². The first-order chi connectivity index (χ1) is 15.8. The van der Waals surface area contributed by atoms with E-state index in [1.807, 2.05) is 18.2 Å². The Morgan fingerprint density at radius 3 is 2.58 bits per heavy atom. The maximum absolute atomic E-state index is 13.3. The zero-order chi connectivity index (χ0) is 23.6. The Hall–Kier alpha value is -4.16. The molecule has 0 aliphatic heterocycles. The van der Waals surface area contributed by atoms with Crippen molar-refractivity contribution >= 4 is 32.5 Å². The summed E-state index contributed by atoms with van der Waals surface area (Å²) >= 11 is 0. The second-order valence-corrected chi connectivity index (χ2v) is 9.03. The molecule has 0 saturated carbocycles. The highest BCUT2D eigenvalue weighted by molar-refractivity contribution is 7.92. The first-order valence-corrected chi connectivity index (χ1v) is 11.5. The molecule has 166 valence electrons. The maximum Gasteiger partial charge on any atom is 0.262 e. The number of sulfonamides is 1. The number of carbonyl (C=O) groups is 1. The second-order valence-electron chi connectivity index (χ2n) is 7.35. The van der Waals surface area contributed by atoms with Crippen LogP contribution in [0.5, 0.6) is 5.75 Å². The molecule has 1 atom stereocenters. The van der Waals surface area contributed by atoms with E-state index in [-0.39, 0.29) is 22.0 Å². The lowest BCUT2D eigenvalue weighted by molar-refractivity contribution is 0.0975. The molecule has 0 spiro atoms. The summed E-state index contributed by atoms with van der Waals surface area (Å²) in [5.74, 6) is -1.18. The number of para-hydroxylation sites is 4. The number of hydrogen-bond donors (Lipinski definition) is 2. The molecule has 1 heterocycles. The Bertz CT molecular complexity index is 1470. The van der Waals surface area contributed by atoms with Crippen LogP contribution in [0.25, 0.3) is 11.0 Å². The zero-order valence-electron chi connectivity index (χ0n) is 17.9. The van der Waals surface area contributed by atoms with E-state index >= 15 is 0 Å². The molecule has 9 heteroatoms. The van der Waals surface area contributed by atoms with Gasteiger partial charge in [0.2, 0.25) is 0 Å². The monoisotopic (exact) mass is 460 g/mol. The molecule has 3 aromatic carbocycles. The topological polar surface area (TPSA) is 125 Å². The van der Waals surface area contributed by atoms with Crippen LogP contribution in [0.15, 0.2) is 71.6 Å². The molecule has 33 heavy (non-hydrogen) atoms. The van der Waals surface area contributed by atoms with Gasteiger partial charge in [-0.1, -0.05) is 30.3 Å². The molecule has 0 aliphatic carbocycles. The molecular weight excluding hydrogens is 440 g/mol. The van der Waals surface area contributed by atoms with Gasteiger partial charge in [-0.25, -0.2) is 13.4 Å². The van der Waals surface area contributed by atoms with Crippen molar-refractivity contribution in [2.75, 3.05) is 11.8 Å². The van der Waals surface area contributed by atoms with Gasteiger partial charge in [-0.15, -0.1) is 0 Å². The number of Topliss-reactive ketones (excluding diaryl/α,β-unsaturated/α-hetero) is 1. The van der Waals surface area contributed by atoms with Gasteiger partial charge in [-0.05, 0) is 48.9 Å². The summed E-state index contributed by atoms with van der Waals surface area (Å²) < 4.78 is 33.7. The second kappa shape index (κ2) is 8.76. The van der Waals surface area contributed by atoms with Crippen molar-refractivity contribution in [3.63, 3.8) is 0 Å². The summed E-state index contributed by atoms with van der Waals surface area (Å²) in [6.07, 6.45) is 0. The van der Waals surface area contributed by atoms with Crippen molar-refractivity contribution in [1.29, 1.82) is 5.26 Å². The summed E-state index contributed by atoms with van der Waals surface area (Å²) in [5, 5.41) is 9.73. The van der Waals surface area contributed by atoms with Gasteiger partial charge in [-0.2, -0.15) is 5.26 Å². The van der Waals surface area contributed by atoms with E-state index in [0.717, 1.165) is 0 Å². The van der Waals surface area contributed by atoms with Crippen molar-refractivity contribution < 1.29 is 17.9 Å². The van der Waals surface area contributed by atoms with E-state index in [1.54, 1.807) is 43.3 Å². The number of ether oxygens (including phenoxy) is 1. The Morgan fingerprint density at radius 1 is 1.12 bits per heavy atom. The average Bonchev–Trinajstić information content (AvgIpc) is 3.23. The molecule has 0 fully saturated rings. The Labute approximate surface area is 190 Å². The summed E-state index contributed by atoms with van der Waals surface area (Å²) in [7, 11) is -2.58. The van der Waals surface area contributed by atoms with Gasteiger partial charge in [0.15, 0.2) is 11.7 Å². The molecule has 2 N–H and O–H groups in total. The highest BCUT2D eigenvalue weighted by Gasteiger charge is 2.28. The van der Waals surface area contributed by atoms with Crippen LogP contribution >= 0.6 is 0 Å². The van der Waals surface area contributed by atoms with Crippen LogP contribution in [0.4, 0.5) is 5.69 Å². The number of aromatic amines is 1. The molecule has 1 unspecified atom stereocenters. The number of nitrogens with zero attached hydrogens (tertiary/aromatic N) is 2. The SMILES string of the molecule is COc1ccccc1NS(=O)(=O)c1ccc(C)c(C(=O)C(C#N)c2nc3ccccc3[nH]2)c1. The van der Waals surface area contributed by atoms with Crippen molar-refractivity contribution in [3.8, 4) is 11.8 Å². The summed E-state index contributed by atoms with van der Waals surface area (Å²) in [5.41, 5.74) is 2.28. The number of imidazole rings is 1. The van der Waals surface area contributed by atoms with Crippen LogP contribution < -0.4 is 9.46 Å². The van der Waals surface area contributed by atoms with Crippen LogP contribution in [-0.4, -0.2) is 31.3 Å². The number of fused-ring (bicyclic) bond motifs is 1. The molecule has 8 nitrogen and oxygen atoms in total. The molecule has 0 bridgehead atoms. The number of methoxy groups -OCH3 is 1. The van der Waals surface area contributed by atoms with Crippen molar-refractivity contribution in [3.05, 3.63) is 83.7 Å². The zero-order valence-corrected chi connectivity index (χ0v) is 18.7. The predicted octanol–water partition coefficient (Wildman–Crippen LogP) is 4.17. The van der Waals surface area contributed by atoms with Gasteiger partial charge in [0.1, 0.15) is 11.6 Å². The van der Waals surface area contributed by atoms with Gasteiger partial charge < -0.3 is 9.72 Å². The lowest BCUT2D eigenvalue weighted by Crippen LogP contribution is -2.17. The molecule has 4 aromatic rings. The normalized spacial score (nSPS) is 12.2. The van der Waals surface area contributed by atoms with Gasteiger partial charge in [0.25, 0.3) is 10.0 Å². The number of ketones is 1. The maximum atomic E-state index is 13.3. The predicted molar refractivity (Wildman–Crippen MR) is 124 cm³/mol. The molecule has 0 saturated heterocycles. The van der Waals surface area contributed by atoms with E-state index < -0.39 is 21.7 Å². The van der Waals surface area contributed by atoms with Crippen molar-refractivity contribution in [2.24, 2.45) is 0 Å². The minimum atomic E-state index is -4.02. The summed E-state index contributed by atoms with van der Waals surface area (Å²) in [4.78, 5) is 20.6. The molecule has 0 aliphatic rings. The third-order valence-electron chi connectivity index (χ3n) is 5.21. The van der Waals surface area contributed by atoms with E-state index in [0.29, 0.717) is 22.3 Å². The third-order valence-corrected chi connectivity index (χ3v) is 6.57. The number of carbonyl (C=O) groups excluding carboxylic acids is 1. The number of nitriles is 1. The van der Waals surface area contributed by atoms with Crippen LogP contribution in [-0.2, 0) is 10.0 Å². The van der Waals surface area contributed by atoms with Crippen LogP contribution in [0.1, 0.15) is 27.7 Å². The molecular formula is C24H20N4O4S.